The number of carboxylic acids is 1. The standard InChI is InChI=1S/C29H31N3O5/c1-19(31-16-24(33)18-37-25-8-3-2-4-9-25)12-20-10-11-26-23(13-20)15-27(29(35)36)32(26)17-21-6-5-7-22(14-21)28(30)34/h2-11,13-15,19,24,31,33H,12,16-18H2,1H3,(H2,30,34)(H,35,36). The Hall–Kier alpha value is -4.14. The molecular formula is C29H31N3O5. The summed E-state index contributed by atoms with van der Waals surface area (Å²) in [7, 11) is 0. The van der Waals surface area contributed by atoms with Crippen molar-refractivity contribution in [1.29, 1.82) is 0 Å². The molecule has 3 aromatic carbocycles. The van der Waals surface area contributed by atoms with Gasteiger partial charge in [0.2, 0.25) is 5.91 Å². The van der Waals surface area contributed by atoms with Gasteiger partial charge in [-0.25, -0.2) is 4.79 Å². The molecule has 1 amide bonds. The quantitative estimate of drug-likeness (QED) is 0.236. The van der Waals surface area contributed by atoms with Gasteiger partial charge in [-0.05, 0) is 66.9 Å². The molecule has 4 aromatic rings. The average molecular weight is 502 g/mol. The molecule has 0 bridgehead atoms. The van der Waals surface area contributed by atoms with E-state index in [1.807, 2.05) is 61.5 Å². The van der Waals surface area contributed by atoms with E-state index in [1.165, 1.54) is 0 Å². The molecule has 192 valence electrons. The van der Waals surface area contributed by atoms with Crippen LogP contribution in [0.2, 0.25) is 0 Å². The molecule has 0 aliphatic carbocycles. The van der Waals surface area contributed by atoms with Crippen molar-refractivity contribution in [2.24, 2.45) is 5.73 Å². The molecule has 5 N–H and O–H groups in total. The van der Waals surface area contributed by atoms with Gasteiger partial charge in [0, 0.05) is 35.6 Å². The van der Waals surface area contributed by atoms with E-state index < -0.39 is 18.0 Å². The van der Waals surface area contributed by atoms with Crippen molar-refractivity contribution in [3.05, 3.63) is 101 Å². The number of carbonyl (C=O) groups is 2. The molecule has 0 saturated carbocycles. The number of carbonyl (C=O) groups excluding carboxylic acids is 1. The number of aliphatic hydroxyl groups is 1. The van der Waals surface area contributed by atoms with Gasteiger partial charge in [0.1, 0.15) is 24.2 Å². The topological polar surface area (TPSA) is 127 Å². The van der Waals surface area contributed by atoms with Crippen molar-refractivity contribution in [3.63, 3.8) is 0 Å². The molecule has 0 spiro atoms. The highest BCUT2D eigenvalue weighted by Crippen LogP contribution is 2.24. The number of hydrogen-bond donors (Lipinski definition) is 4. The van der Waals surface area contributed by atoms with E-state index in [9.17, 15) is 19.8 Å². The maximum atomic E-state index is 12.0. The van der Waals surface area contributed by atoms with Crippen LogP contribution in [-0.4, -0.2) is 52.0 Å². The predicted octanol–water partition coefficient (Wildman–Crippen LogP) is 3.45. The number of para-hydroxylation sites is 1. The van der Waals surface area contributed by atoms with Crippen LogP contribution in [0.5, 0.6) is 5.75 Å². The van der Waals surface area contributed by atoms with Crippen molar-refractivity contribution in [2.45, 2.75) is 32.0 Å². The Balaban J connectivity index is 1.41. The zero-order chi connectivity index (χ0) is 26.4. The summed E-state index contributed by atoms with van der Waals surface area (Å²) < 4.78 is 7.33. The Bertz CT molecular complexity index is 1380. The average Bonchev–Trinajstić information content (AvgIpc) is 3.24. The maximum Gasteiger partial charge on any atom is 0.352 e. The van der Waals surface area contributed by atoms with Crippen LogP contribution in [0.15, 0.2) is 78.9 Å². The van der Waals surface area contributed by atoms with E-state index >= 15 is 0 Å². The van der Waals surface area contributed by atoms with Crippen molar-refractivity contribution < 1.29 is 24.5 Å². The molecule has 1 heterocycles. The third kappa shape index (κ3) is 6.75. The normalized spacial score (nSPS) is 12.8. The predicted molar refractivity (Wildman–Crippen MR) is 142 cm³/mol. The molecule has 8 heteroatoms. The summed E-state index contributed by atoms with van der Waals surface area (Å²) >= 11 is 0. The number of fused-ring (bicyclic) bond motifs is 1. The number of carboxylic acid groups (broad SMARTS) is 1. The third-order valence-corrected chi connectivity index (χ3v) is 6.17. The fraction of sp³-hybridized carbons (Fsp3) is 0.241. The van der Waals surface area contributed by atoms with Crippen LogP contribution in [0.1, 0.15) is 38.9 Å². The Labute approximate surface area is 215 Å². The number of amides is 1. The minimum absolute atomic E-state index is 0.0846. The van der Waals surface area contributed by atoms with Crippen molar-refractivity contribution in [2.75, 3.05) is 13.2 Å². The lowest BCUT2D eigenvalue weighted by atomic mass is 10.0. The van der Waals surface area contributed by atoms with Crippen molar-refractivity contribution >= 4 is 22.8 Å². The van der Waals surface area contributed by atoms with Crippen molar-refractivity contribution in [3.8, 4) is 5.75 Å². The molecule has 0 aliphatic heterocycles. The number of aliphatic hydroxyl groups excluding tert-OH is 1. The highest BCUT2D eigenvalue weighted by molar-refractivity contribution is 5.95. The van der Waals surface area contributed by atoms with Gasteiger partial charge < -0.3 is 30.6 Å². The lowest BCUT2D eigenvalue weighted by molar-refractivity contribution is 0.0686. The van der Waals surface area contributed by atoms with Gasteiger partial charge in [-0.15, -0.1) is 0 Å². The zero-order valence-electron chi connectivity index (χ0n) is 20.6. The van der Waals surface area contributed by atoms with Gasteiger partial charge in [0.15, 0.2) is 0 Å². The molecule has 4 rings (SSSR count). The third-order valence-electron chi connectivity index (χ3n) is 6.17. The number of aromatic nitrogens is 1. The number of nitrogens with two attached hydrogens (primary N) is 1. The second-order valence-electron chi connectivity index (χ2n) is 9.17. The number of ether oxygens (including phenoxy) is 1. The molecular weight excluding hydrogens is 470 g/mol. The van der Waals surface area contributed by atoms with E-state index in [1.54, 1.807) is 28.8 Å². The second-order valence-corrected chi connectivity index (χ2v) is 9.17. The Morgan fingerprint density at radius 2 is 1.78 bits per heavy atom. The fourth-order valence-electron chi connectivity index (χ4n) is 4.33. The Morgan fingerprint density at radius 3 is 2.51 bits per heavy atom. The number of nitrogens with one attached hydrogen (secondary N) is 1. The van der Waals surface area contributed by atoms with Crippen molar-refractivity contribution in [1.82, 2.24) is 9.88 Å². The van der Waals surface area contributed by atoms with E-state index in [4.69, 9.17) is 10.5 Å². The highest BCUT2D eigenvalue weighted by Gasteiger charge is 2.17. The van der Waals surface area contributed by atoms with Crippen LogP contribution in [0.3, 0.4) is 0 Å². The van der Waals surface area contributed by atoms with E-state index in [0.29, 0.717) is 25.1 Å². The first-order chi connectivity index (χ1) is 17.8. The second kappa shape index (κ2) is 11.7. The minimum atomic E-state index is -1.02. The fourth-order valence-corrected chi connectivity index (χ4v) is 4.33. The van der Waals surface area contributed by atoms with Crippen LogP contribution >= 0.6 is 0 Å². The molecule has 1 aromatic heterocycles. The van der Waals surface area contributed by atoms with Crippen LogP contribution in [0, 0.1) is 0 Å². The van der Waals surface area contributed by atoms with Gasteiger partial charge in [-0.1, -0.05) is 36.4 Å². The summed E-state index contributed by atoms with van der Waals surface area (Å²) in [5.41, 5.74) is 8.57. The minimum Gasteiger partial charge on any atom is -0.491 e. The summed E-state index contributed by atoms with van der Waals surface area (Å²) in [6.45, 7) is 2.92. The number of primary amides is 1. The SMILES string of the molecule is CC(Cc1ccc2c(c1)cc(C(=O)O)n2Cc1cccc(C(N)=O)c1)NCC(O)COc1ccccc1. The number of nitrogens with zero attached hydrogens (tertiary/aromatic N) is 1. The smallest absolute Gasteiger partial charge is 0.352 e. The Morgan fingerprint density at radius 1 is 1.00 bits per heavy atom. The lowest BCUT2D eigenvalue weighted by Gasteiger charge is -2.18. The van der Waals surface area contributed by atoms with Gasteiger partial charge in [-0.2, -0.15) is 0 Å². The first-order valence-corrected chi connectivity index (χ1v) is 12.1. The summed E-state index contributed by atoms with van der Waals surface area (Å²) in [6, 6.07) is 23.9. The van der Waals surface area contributed by atoms with E-state index in [0.717, 1.165) is 27.8 Å². The van der Waals surface area contributed by atoms with Gasteiger partial charge in [0.05, 0.1) is 0 Å². The molecule has 0 radical (unpaired) electrons. The first kappa shape index (κ1) is 25.9. The van der Waals surface area contributed by atoms with E-state index in [-0.39, 0.29) is 18.3 Å². The zero-order valence-corrected chi connectivity index (χ0v) is 20.6. The summed E-state index contributed by atoms with van der Waals surface area (Å²) in [6.07, 6.45) is 0.0570. The monoisotopic (exact) mass is 501 g/mol. The van der Waals surface area contributed by atoms with Crippen LogP contribution in [0.25, 0.3) is 10.9 Å². The summed E-state index contributed by atoms with van der Waals surface area (Å²) in [5.74, 6) is -0.831. The molecule has 0 fully saturated rings. The number of benzene rings is 3. The Kier molecular flexibility index (Phi) is 8.22. The highest BCUT2D eigenvalue weighted by atomic mass is 16.5. The number of aromatic carboxylic acids is 1. The van der Waals surface area contributed by atoms with Gasteiger partial charge >= 0.3 is 5.97 Å². The molecule has 0 aliphatic rings. The maximum absolute atomic E-state index is 12.0. The lowest BCUT2D eigenvalue weighted by Crippen LogP contribution is -2.37. The van der Waals surface area contributed by atoms with Gasteiger partial charge in [-0.3, -0.25) is 4.79 Å². The summed E-state index contributed by atoms with van der Waals surface area (Å²) in [4.78, 5) is 23.5. The summed E-state index contributed by atoms with van der Waals surface area (Å²) in [5, 5.41) is 24.2. The number of hydrogen-bond acceptors (Lipinski definition) is 5. The van der Waals surface area contributed by atoms with E-state index in [2.05, 4.69) is 5.32 Å². The van der Waals surface area contributed by atoms with Crippen LogP contribution < -0.4 is 15.8 Å². The first-order valence-electron chi connectivity index (χ1n) is 12.1. The molecule has 2 unspecified atom stereocenters. The van der Waals surface area contributed by atoms with Gasteiger partial charge in [0.25, 0.3) is 0 Å². The van der Waals surface area contributed by atoms with Crippen LogP contribution in [-0.2, 0) is 13.0 Å². The molecule has 0 saturated heterocycles. The molecule has 37 heavy (non-hydrogen) atoms. The number of rotatable bonds is 12. The largest absolute Gasteiger partial charge is 0.491 e. The molecule has 8 nitrogen and oxygen atoms in total. The molecule has 2 atom stereocenters. The van der Waals surface area contributed by atoms with Crippen LogP contribution in [0.4, 0.5) is 0 Å².